The average Bonchev–Trinajstić information content (AvgIpc) is 3.40. The van der Waals surface area contributed by atoms with Crippen LogP contribution in [0.4, 0.5) is 11.8 Å². The topological polar surface area (TPSA) is 111 Å². The standard InChI is InChI=1S/C32H28N6O3S/c1-20-6-9-26(10-7-20)42(39,40)38-19-27-23-8-11-28-24(16-23)14-22(17-34-28)12-13-41-25-5-3-4-21(15-25)18-35-30-29(27)31(38)37-32(33-2)36-30/h3-11,14-17,19H,12-13,18H2,1-2H3,(H2,33,35,36,37). The van der Waals surface area contributed by atoms with Crippen LogP contribution in [0.1, 0.15) is 16.7 Å². The summed E-state index contributed by atoms with van der Waals surface area (Å²) < 4.78 is 35.5. The molecule has 3 aromatic heterocycles. The van der Waals surface area contributed by atoms with Crippen LogP contribution in [0.2, 0.25) is 0 Å². The monoisotopic (exact) mass is 576 g/mol. The second kappa shape index (κ2) is 10.1. The predicted molar refractivity (Wildman–Crippen MR) is 165 cm³/mol. The lowest BCUT2D eigenvalue weighted by Gasteiger charge is -2.13. The molecule has 3 aromatic carbocycles. The van der Waals surface area contributed by atoms with Gasteiger partial charge in [-0.05, 0) is 66.1 Å². The Balaban J connectivity index is 1.51. The van der Waals surface area contributed by atoms with Gasteiger partial charge in [0.15, 0.2) is 5.65 Å². The van der Waals surface area contributed by atoms with Crippen LogP contribution in [0.5, 0.6) is 5.75 Å². The molecule has 5 bridgehead atoms. The van der Waals surface area contributed by atoms with E-state index in [-0.39, 0.29) is 10.5 Å². The number of hydrogen-bond donors (Lipinski definition) is 2. The van der Waals surface area contributed by atoms with Crippen molar-refractivity contribution in [3.05, 3.63) is 102 Å². The Morgan fingerprint density at radius 3 is 2.67 bits per heavy atom. The molecule has 0 saturated carbocycles. The van der Waals surface area contributed by atoms with Gasteiger partial charge in [0.2, 0.25) is 5.95 Å². The molecule has 42 heavy (non-hydrogen) atoms. The molecule has 10 heteroatoms. The largest absolute Gasteiger partial charge is 0.493 e. The highest BCUT2D eigenvalue weighted by atomic mass is 32.2. The van der Waals surface area contributed by atoms with E-state index in [1.807, 2.05) is 55.6 Å². The van der Waals surface area contributed by atoms with Gasteiger partial charge in [0.25, 0.3) is 10.0 Å². The first-order chi connectivity index (χ1) is 20.4. The molecule has 1 aliphatic rings. The average molecular weight is 577 g/mol. The van der Waals surface area contributed by atoms with Gasteiger partial charge in [0.05, 0.1) is 22.4 Å². The minimum Gasteiger partial charge on any atom is -0.493 e. The number of fused-ring (bicyclic) bond motifs is 5. The Labute approximate surface area is 243 Å². The van der Waals surface area contributed by atoms with Gasteiger partial charge in [-0.1, -0.05) is 35.9 Å². The van der Waals surface area contributed by atoms with Crippen LogP contribution >= 0.6 is 0 Å². The first-order valence-electron chi connectivity index (χ1n) is 13.7. The van der Waals surface area contributed by atoms with Crippen LogP contribution in [-0.2, 0) is 23.0 Å². The van der Waals surface area contributed by atoms with Crippen LogP contribution in [0.15, 0.2) is 90.1 Å². The molecular weight excluding hydrogens is 548 g/mol. The van der Waals surface area contributed by atoms with Crippen molar-refractivity contribution in [2.24, 2.45) is 0 Å². The zero-order valence-corrected chi connectivity index (χ0v) is 23.9. The highest BCUT2D eigenvalue weighted by molar-refractivity contribution is 7.90. The molecule has 6 aromatic rings. The first-order valence-corrected chi connectivity index (χ1v) is 15.1. The van der Waals surface area contributed by atoms with Crippen LogP contribution in [0.3, 0.4) is 0 Å². The summed E-state index contributed by atoms with van der Waals surface area (Å²) >= 11 is 0. The van der Waals surface area contributed by atoms with Gasteiger partial charge in [0, 0.05) is 43.4 Å². The second-order valence-electron chi connectivity index (χ2n) is 10.4. The van der Waals surface area contributed by atoms with Crippen molar-refractivity contribution in [1.29, 1.82) is 0 Å². The highest BCUT2D eigenvalue weighted by Crippen LogP contribution is 2.38. The lowest BCUT2D eigenvalue weighted by atomic mass is 10.0. The quantitative estimate of drug-likeness (QED) is 0.273. The molecule has 0 saturated heterocycles. The van der Waals surface area contributed by atoms with Gasteiger partial charge in [-0.25, -0.2) is 12.4 Å². The third kappa shape index (κ3) is 4.59. The van der Waals surface area contributed by atoms with Crippen molar-refractivity contribution in [3.63, 3.8) is 0 Å². The molecular formula is C32H28N6O3S. The molecule has 0 unspecified atom stereocenters. The summed E-state index contributed by atoms with van der Waals surface area (Å²) in [6, 6.07) is 22.8. The van der Waals surface area contributed by atoms with Gasteiger partial charge in [-0.15, -0.1) is 0 Å². The van der Waals surface area contributed by atoms with Crippen molar-refractivity contribution < 1.29 is 13.2 Å². The van der Waals surface area contributed by atoms with E-state index in [9.17, 15) is 8.42 Å². The van der Waals surface area contributed by atoms with E-state index in [4.69, 9.17) is 9.72 Å². The summed E-state index contributed by atoms with van der Waals surface area (Å²) in [4.78, 5) is 14.3. The van der Waals surface area contributed by atoms with E-state index in [0.29, 0.717) is 42.3 Å². The number of rotatable bonds is 3. The Morgan fingerprint density at radius 2 is 1.83 bits per heavy atom. The predicted octanol–water partition coefficient (Wildman–Crippen LogP) is 5.78. The van der Waals surface area contributed by atoms with Crippen LogP contribution in [0.25, 0.3) is 33.1 Å². The summed E-state index contributed by atoms with van der Waals surface area (Å²) in [6.45, 7) is 2.89. The fourth-order valence-corrected chi connectivity index (χ4v) is 6.58. The van der Waals surface area contributed by atoms with Gasteiger partial charge < -0.3 is 15.4 Å². The van der Waals surface area contributed by atoms with Crippen molar-refractivity contribution in [1.82, 2.24) is 18.9 Å². The number of nitrogens with zero attached hydrogens (tertiary/aromatic N) is 4. The van der Waals surface area contributed by atoms with Crippen molar-refractivity contribution in [3.8, 4) is 16.9 Å². The fourth-order valence-electron chi connectivity index (χ4n) is 5.26. The number of pyridine rings is 1. The van der Waals surface area contributed by atoms with Crippen molar-refractivity contribution >= 4 is 43.7 Å². The zero-order chi connectivity index (χ0) is 28.8. The first kappa shape index (κ1) is 26.0. The molecule has 0 aliphatic carbocycles. The molecule has 4 heterocycles. The third-order valence-corrected chi connectivity index (χ3v) is 9.15. The van der Waals surface area contributed by atoms with Crippen LogP contribution < -0.4 is 15.4 Å². The number of benzene rings is 3. The zero-order valence-electron chi connectivity index (χ0n) is 23.1. The number of ether oxygens (including phenoxy) is 1. The molecule has 0 atom stereocenters. The van der Waals surface area contributed by atoms with E-state index >= 15 is 0 Å². The Morgan fingerprint density at radius 1 is 0.976 bits per heavy atom. The van der Waals surface area contributed by atoms with E-state index in [1.54, 1.807) is 37.5 Å². The Kier molecular flexibility index (Phi) is 6.27. The molecule has 7 rings (SSSR count). The van der Waals surface area contributed by atoms with Gasteiger partial charge in [0.1, 0.15) is 11.6 Å². The summed E-state index contributed by atoms with van der Waals surface area (Å²) in [5, 5.41) is 7.99. The van der Waals surface area contributed by atoms with Crippen molar-refractivity contribution in [2.75, 3.05) is 24.3 Å². The Bertz CT molecular complexity index is 2090. The maximum Gasteiger partial charge on any atom is 0.269 e. The molecule has 9 nitrogen and oxygen atoms in total. The molecule has 1 aliphatic heterocycles. The summed E-state index contributed by atoms with van der Waals surface area (Å²) in [6.07, 6.45) is 4.23. The number of hydrogen-bond acceptors (Lipinski definition) is 8. The van der Waals surface area contributed by atoms with Crippen LogP contribution in [-0.4, -0.2) is 41.0 Å². The molecule has 0 spiro atoms. The normalized spacial score (nSPS) is 13.3. The number of anilines is 2. The summed E-state index contributed by atoms with van der Waals surface area (Å²) in [5.74, 6) is 1.59. The highest BCUT2D eigenvalue weighted by Gasteiger charge is 2.26. The summed E-state index contributed by atoms with van der Waals surface area (Å²) in [7, 11) is -2.28. The van der Waals surface area contributed by atoms with E-state index in [2.05, 4.69) is 26.7 Å². The minimum absolute atomic E-state index is 0.179. The maximum absolute atomic E-state index is 14.1. The minimum atomic E-state index is -3.99. The smallest absolute Gasteiger partial charge is 0.269 e. The number of aryl methyl sites for hydroxylation is 1. The van der Waals surface area contributed by atoms with Gasteiger partial charge >= 0.3 is 0 Å². The number of aromatic nitrogens is 4. The maximum atomic E-state index is 14.1. The van der Waals surface area contributed by atoms with Gasteiger partial charge in [-0.3, -0.25) is 4.98 Å². The van der Waals surface area contributed by atoms with E-state index < -0.39 is 10.0 Å². The lowest BCUT2D eigenvalue weighted by Crippen LogP contribution is -2.13. The lowest BCUT2D eigenvalue weighted by molar-refractivity contribution is 0.321. The third-order valence-electron chi connectivity index (χ3n) is 7.48. The molecule has 0 fully saturated rings. The number of nitrogens with one attached hydrogen (secondary N) is 2. The van der Waals surface area contributed by atoms with Gasteiger partial charge in [-0.2, -0.15) is 9.97 Å². The molecule has 2 N–H and O–H groups in total. The van der Waals surface area contributed by atoms with Crippen molar-refractivity contribution in [2.45, 2.75) is 24.8 Å². The fraction of sp³-hybridized carbons (Fsp3) is 0.156. The SMILES string of the molecule is CNc1nc2c3c(cn(S(=O)(=O)c4ccc(C)cc4)c3n1)-c1ccc3ncc(cc3c1)CCOc1cccc(c1)CN2. The molecule has 0 radical (unpaired) electrons. The van der Waals surface area contributed by atoms with E-state index in [0.717, 1.165) is 38.9 Å². The van der Waals surface area contributed by atoms with E-state index in [1.165, 1.54) is 3.97 Å². The summed E-state index contributed by atoms with van der Waals surface area (Å²) in [5.41, 5.74) is 5.67. The molecule has 210 valence electrons. The molecule has 0 amide bonds. The second-order valence-corrected chi connectivity index (χ2v) is 12.2. The van der Waals surface area contributed by atoms with Crippen LogP contribution in [0, 0.1) is 6.92 Å². The Hall–Kier alpha value is -4.96.